The van der Waals surface area contributed by atoms with Crippen LogP contribution in [0.2, 0.25) is 10.0 Å². The molecule has 0 fully saturated rings. The molecule has 0 aliphatic rings. The Hall–Kier alpha value is -0.710. The van der Waals surface area contributed by atoms with Gasteiger partial charge in [-0.15, -0.1) is 0 Å². The fraction of sp³-hybridized carbons (Fsp3) is 0. The zero-order chi connectivity index (χ0) is 8.43. The summed E-state index contributed by atoms with van der Waals surface area (Å²) in [5, 5.41) is 0.311. The van der Waals surface area contributed by atoms with Crippen molar-refractivity contribution in [3.05, 3.63) is 26.5 Å². The lowest BCUT2D eigenvalue weighted by atomic mass is 10.4. The molecular weight excluding hydrogens is 189 g/mol. The number of nitrogens with one attached hydrogen (secondary N) is 2. The number of hydrogen-bond acceptors (Lipinski definition) is 3. The van der Waals surface area contributed by atoms with Crippen molar-refractivity contribution in [1.82, 2.24) is 4.98 Å². The molecule has 11 heavy (non-hydrogen) atoms. The van der Waals surface area contributed by atoms with Gasteiger partial charge in [0.1, 0.15) is 10.8 Å². The summed E-state index contributed by atoms with van der Waals surface area (Å²) in [5.74, 6) is 5.27. The number of nitrogens with two attached hydrogens (primary N) is 1. The molecule has 1 aromatic rings. The summed E-state index contributed by atoms with van der Waals surface area (Å²) in [5.41, 5.74) is 1.79. The molecule has 0 atom stereocenters. The third kappa shape index (κ3) is 1.65. The molecule has 60 valence electrons. The molecule has 4 nitrogen and oxygen atoms in total. The lowest BCUT2D eigenvalue weighted by Gasteiger charge is -2.01. The van der Waals surface area contributed by atoms with E-state index < -0.39 is 5.56 Å². The Bertz CT molecular complexity index is 322. The number of rotatable bonds is 1. The summed E-state index contributed by atoms with van der Waals surface area (Å²) in [4.78, 5) is 13.1. The van der Waals surface area contributed by atoms with Crippen LogP contribution in [0.3, 0.4) is 0 Å². The van der Waals surface area contributed by atoms with E-state index in [4.69, 9.17) is 29.0 Å². The predicted octanol–water partition coefficient (Wildman–Crippen LogP) is 0.967. The number of nitrogen functional groups attached to an aromatic ring is 1. The van der Waals surface area contributed by atoms with Crippen LogP contribution in [0, 0.1) is 0 Å². The second kappa shape index (κ2) is 3.13. The number of aromatic amines is 1. The van der Waals surface area contributed by atoms with E-state index in [9.17, 15) is 4.79 Å². The highest BCUT2D eigenvalue weighted by atomic mass is 35.5. The molecule has 4 N–H and O–H groups in total. The van der Waals surface area contributed by atoms with Gasteiger partial charge in [-0.2, -0.15) is 0 Å². The second-order valence-electron chi connectivity index (χ2n) is 1.81. The van der Waals surface area contributed by atoms with E-state index in [0.29, 0.717) is 0 Å². The van der Waals surface area contributed by atoms with E-state index in [1.807, 2.05) is 0 Å². The maximum absolute atomic E-state index is 10.8. The van der Waals surface area contributed by atoms with E-state index in [1.54, 1.807) is 0 Å². The molecule has 1 heterocycles. The Morgan fingerprint density at radius 2 is 2.09 bits per heavy atom. The number of H-pyrrole nitrogens is 1. The first kappa shape index (κ1) is 8.39. The number of hydrogen-bond donors (Lipinski definition) is 3. The van der Waals surface area contributed by atoms with Crippen molar-refractivity contribution in [3.63, 3.8) is 0 Å². The van der Waals surface area contributed by atoms with Crippen LogP contribution in [0.1, 0.15) is 0 Å². The van der Waals surface area contributed by atoms with E-state index in [0.717, 1.165) is 0 Å². The Balaban J connectivity index is 3.32. The van der Waals surface area contributed by atoms with Crippen molar-refractivity contribution < 1.29 is 0 Å². The van der Waals surface area contributed by atoms with Gasteiger partial charge in [0.2, 0.25) is 0 Å². The molecule has 0 bridgehead atoms. The molecule has 0 aliphatic heterocycles. The lowest BCUT2D eigenvalue weighted by Crippen LogP contribution is -2.15. The first-order chi connectivity index (χ1) is 5.15. The monoisotopic (exact) mass is 193 g/mol. The Labute approximate surface area is 72.3 Å². The van der Waals surface area contributed by atoms with Crippen molar-refractivity contribution in [2.45, 2.75) is 0 Å². The van der Waals surface area contributed by atoms with Crippen molar-refractivity contribution in [2.24, 2.45) is 5.84 Å². The van der Waals surface area contributed by atoms with Crippen molar-refractivity contribution >= 4 is 29.0 Å². The summed E-state index contributed by atoms with van der Waals surface area (Å²) in [6, 6.07) is 1.32. The molecule has 6 heteroatoms. The molecule has 1 rings (SSSR count). The molecule has 0 aliphatic carbocycles. The minimum absolute atomic E-state index is 0.0361. The Morgan fingerprint density at radius 3 is 2.64 bits per heavy atom. The van der Waals surface area contributed by atoms with Crippen LogP contribution in [0.15, 0.2) is 10.9 Å². The third-order valence-corrected chi connectivity index (χ3v) is 1.67. The highest BCUT2D eigenvalue weighted by Crippen LogP contribution is 2.18. The van der Waals surface area contributed by atoms with Gasteiger partial charge >= 0.3 is 0 Å². The minimum atomic E-state index is -0.427. The van der Waals surface area contributed by atoms with E-state index >= 15 is 0 Å². The van der Waals surface area contributed by atoms with Crippen LogP contribution >= 0.6 is 23.2 Å². The van der Waals surface area contributed by atoms with Gasteiger partial charge in [0.05, 0.1) is 5.02 Å². The van der Waals surface area contributed by atoms with Gasteiger partial charge in [-0.1, -0.05) is 23.2 Å². The first-order valence-electron chi connectivity index (χ1n) is 2.70. The van der Waals surface area contributed by atoms with Crippen molar-refractivity contribution in [2.75, 3.05) is 5.43 Å². The molecule has 1 aromatic heterocycles. The molecule has 0 spiro atoms. The van der Waals surface area contributed by atoms with Crippen LogP contribution in [-0.4, -0.2) is 4.98 Å². The van der Waals surface area contributed by atoms with Crippen molar-refractivity contribution in [1.29, 1.82) is 0 Å². The summed E-state index contributed by atoms with van der Waals surface area (Å²) >= 11 is 11.1. The van der Waals surface area contributed by atoms with Gasteiger partial charge < -0.3 is 10.4 Å². The van der Waals surface area contributed by atoms with Gasteiger partial charge in [-0.05, 0) is 6.07 Å². The van der Waals surface area contributed by atoms with Gasteiger partial charge in [0, 0.05) is 0 Å². The number of halogens is 2. The molecule has 0 saturated heterocycles. The molecule has 0 aromatic carbocycles. The smallest absolute Gasteiger partial charge is 0.268 e. The Morgan fingerprint density at radius 1 is 1.45 bits per heavy atom. The fourth-order valence-electron chi connectivity index (χ4n) is 0.587. The van der Waals surface area contributed by atoms with E-state index in [1.165, 1.54) is 6.07 Å². The molecule has 0 amide bonds. The molecule has 0 unspecified atom stereocenters. The standard InChI is InChI=1S/C5H5Cl2N3O/c6-2-1-3(7)5(11)9-4(2)10-8/h1H,8H2,(H2,9,10,11). The predicted molar refractivity (Wildman–Crippen MR) is 44.9 cm³/mol. The number of anilines is 1. The normalized spacial score (nSPS) is 9.73. The highest BCUT2D eigenvalue weighted by molar-refractivity contribution is 6.35. The zero-order valence-corrected chi connectivity index (χ0v) is 6.83. The van der Waals surface area contributed by atoms with Crippen LogP contribution in [0.5, 0.6) is 0 Å². The van der Waals surface area contributed by atoms with E-state index in [-0.39, 0.29) is 15.9 Å². The van der Waals surface area contributed by atoms with Crippen LogP contribution < -0.4 is 16.8 Å². The first-order valence-corrected chi connectivity index (χ1v) is 3.45. The number of hydrazine groups is 1. The second-order valence-corrected chi connectivity index (χ2v) is 2.63. The van der Waals surface area contributed by atoms with Gasteiger partial charge in [-0.3, -0.25) is 4.79 Å². The molecule has 0 radical (unpaired) electrons. The topological polar surface area (TPSA) is 70.9 Å². The summed E-state index contributed by atoms with van der Waals surface area (Å²) in [6.45, 7) is 0. The average Bonchev–Trinajstić information content (AvgIpc) is 1.97. The maximum atomic E-state index is 10.8. The fourth-order valence-corrected chi connectivity index (χ4v) is 1.01. The number of aromatic nitrogens is 1. The maximum Gasteiger partial charge on any atom is 0.268 e. The largest absolute Gasteiger partial charge is 0.309 e. The van der Waals surface area contributed by atoms with Gasteiger partial charge in [0.15, 0.2) is 0 Å². The lowest BCUT2D eigenvalue weighted by molar-refractivity contribution is 1.18. The van der Waals surface area contributed by atoms with Gasteiger partial charge in [0.25, 0.3) is 5.56 Å². The minimum Gasteiger partial charge on any atom is -0.309 e. The van der Waals surface area contributed by atoms with Crippen LogP contribution in [0.25, 0.3) is 0 Å². The number of pyridine rings is 1. The zero-order valence-electron chi connectivity index (χ0n) is 5.32. The average molecular weight is 194 g/mol. The summed E-state index contributed by atoms with van der Waals surface area (Å²) in [6.07, 6.45) is 0. The molecular formula is C5H5Cl2N3O. The Kier molecular flexibility index (Phi) is 2.38. The molecule has 0 saturated carbocycles. The van der Waals surface area contributed by atoms with E-state index in [2.05, 4.69) is 10.4 Å². The SMILES string of the molecule is NNc1[nH]c(=O)c(Cl)cc1Cl. The van der Waals surface area contributed by atoms with Crippen molar-refractivity contribution in [3.8, 4) is 0 Å². The summed E-state index contributed by atoms with van der Waals surface area (Å²) < 4.78 is 0. The van der Waals surface area contributed by atoms with Crippen LogP contribution in [0.4, 0.5) is 5.82 Å². The quantitative estimate of drug-likeness (QED) is 0.460. The summed E-state index contributed by atoms with van der Waals surface area (Å²) in [7, 11) is 0. The third-order valence-electron chi connectivity index (χ3n) is 1.09. The van der Waals surface area contributed by atoms with Gasteiger partial charge in [-0.25, -0.2) is 5.84 Å². The van der Waals surface area contributed by atoms with Crippen LogP contribution in [-0.2, 0) is 0 Å². The highest BCUT2D eigenvalue weighted by Gasteiger charge is 2.02.